The molecule has 3 N–H and O–H groups in total. The summed E-state index contributed by atoms with van der Waals surface area (Å²) in [6.07, 6.45) is 1.79. The van der Waals surface area contributed by atoms with Crippen LogP contribution in [0.3, 0.4) is 0 Å². The second-order valence-electron chi connectivity index (χ2n) is 5.92. The first-order valence-electron chi connectivity index (χ1n) is 8.06. The van der Waals surface area contributed by atoms with Crippen molar-refractivity contribution >= 4 is 11.6 Å². The van der Waals surface area contributed by atoms with E-state index < -0.39 is 4.92 Å². The maximum absolute atomic E-state index is 12.1. The fourth-order valence-corrected chi connectivity index (χ4v) is 2.99. The molecule has 1 aliphatic heterocycles. The van der Waals surface area contributed by atoms with E-state index in [9.17, 15) is 14.9 Å². The first kappa shape index (κ1) is 18.2. The molecule has 1 unspecified atom stereocenters. The van der Waals surface area contributed by atoms with Crippen LogP contribution in [-0.2, 0) is 11.3 Å². The second-order valence-corrected chi connectivity index (χ2v) is 5.92. The maximum atomic E-state index is 12.1. The summed E-state index contributed by atoms with van der Waals surface area (Å²) in [7, 11) is 1.41. The molecule has 1 aliphatic rings. The first-order valence-corrected chi connectivity index (χ1v) is 8.06. The minimum atomic E-state index is -0.443. The smallest absolute Gasteiger partial charge is 0.311 e. The Balaban J connectivity index is 2.01. The van der Waals surface area contributed by atoms with Gasteiger partial charge in [-0.25, -0.2) is 0 Å². The predicted octanol–water partition coefficient (Wildman–Crippen LogP) is 0.890. The number of benzene rings is 1. The summed E-state index contributed by atoms with van der Waals surface area (Å²) in [6.45, 7) is 3.01. The molecule has 2 rings (SSSR count). The van der Waals surface area contributed by atoms with Crippen molar-refractivity contribution in [3.8, 4) is 5.75 Å². The quantitative estimate of drug-likeness (QED) is 0.565. The highest BCUT2D eigenvalue weighted by atomic mass is 16.6. The molecule has 0 saturated carbocycles. The summed E-state index contributed by atoms with van der Waals surface area (Å²) >= 11 is 0. The third-order valence-corrected chi connectivity index (χ3v) is 4.17. The summed E-state index contributed by atoms with van der Waals surface area (Å²) in [5, 5.41) is 13.9. The summed E-state index contributed by atoms with van der Waals surface area (Å²) in [4.78, 5) is 24.9. The number of carbonyl (C=O) groups is 1. The molecule has 0 aromatic heterocycles. The number of nitro benzene ring substituents is 1. The van der Waals surface area contributed by atoms with Gasteiger partial charge in [-0.15, -0.1) is 0 Å². The number of hydrogen-bond donors (Lipinski definition) is 2. The Morgan fingerprint density at radius 2 is 2.33 bits per heavy atom. The Morgan fingerprint density at radius 3 is 3.00 bits per heavy atom. The molecule has 1 aromatic carbocycles. The fourth-order valence-electron chi connectivity index (χ4n) is 2.99. The molecule has 1 heterocycles. The van der Waals surface area contributed by atoms with Crippen LogP contribution in [0.25, 0.3) is 0 Å². The zero-order valence-electron chi connectivity index (χ0n) is 13.9. The molecular formula is C16H24N4O4. The van der Waals surface area contributed by atoms with Gasteiger partial charge in [-0.1, -0.05) is 6.07 Å². The van der Waals surface area contributed by atoms with Gasteiger partial charge < -0.3 is 15.8 Å². The van der Waals surface area contributed by atoms with Crippen LogP contribution in [0.2, 0.25) is 0 Å². The van der Waals surface area contributed by atoms with Gasteiger partial charge in [0.05, 0.1) is 18.0 Å². The molecule has 1 amide bonds. The molecule has 24 heavy (non-hydrogen) atoms. The first-order chi connectivity index (χ1) is 11.5. The number of nitro groups is 1. The topological polar surface area (TPSA) is 111 Å². The van der Waals surface area contributed by atoms with Gasteiger partial charge in [0.25, 0.3) is 0 Å². The number of ether oxygens (including phenoxy) is 1. The molecule has 0 radical (unpaired) electrons. The average Bonchev–Trinajstić information content (AvgIpc) is 2.59. The highest BCUT2D eigenvalue weighted by molar-refractivity contribution is 5.78. The Morgan fingerprint density at radius 1 is 1.54 bits per heavy atom. The summed E-state index contributed by atoms with van der Waals surface area (Å²) in [6, 6.07) is 4.98. The number of nitrogens with one attached hydrogen (secondary N) is 1. The SMILES string of the molecule is COc1ccc(CN2CCCC(C(=O)NCCN)C2)cc1[N+](=O)[O-]. The maximum Gasteiger partial charge on any atom is 0.311 e. The van der Waals surface area contributed by atoms with Crippen LogP contribution in [-0.4, -0.2) is 49.0 Å². The van der Waals surface area contributed by atoms with Gasteiger partial charge in [-0.3, -0.25) is 19.8 Å². The molecular weight excluding hydrogens is 312 g/mol. The van der Waals surface area contributed by atoms with Gasteiger partial charge in [0.15, 0.2) is 5.75 Å². The number of nitrogens with two attached hydrogens (primary N) is 1. The summed E-state index contributed by atoms with van der Waals surface area (Å²) in [5.41, 5.74) is 6.21. The van der Waals surface area contributed by atoms with Crippen LogP contribution < -0.4 is 15.8 Å². The van der Waals surface area contributed by atoms with Crippen molar-refractivity contribution in [2.75, 3.05) is 33.3 Å². The number of nitrogens with zero attached hydrogens (tertiary/aromatic N) is 2. The summed E-state index contributed by atoms with van der Waals surface area (Å²) in [5.74, 6) is 0.228. The molecule has 1 atom stereocenters. The van der Waals surface area contributed by atoms with E-state index in [-0.39, 0.29) is 23.3 Å². The van der Waals surface area contributed by atoms with Crippen LogP contribution in [0.5, 0.6) is 5.75 Å². The third-order valence-electron chi connectivity index (χ3n) is 4.17. The van der Waals surface area contributed by atoms with E-state index in [1.165, 1.54) is 13.2 Å². The normalized spacial score (nSPS) is 18.2. The van der Waals surface area contributed by atoms with Crippen molar-refractivity contribution in [2.45, 2.75) is 19.4 Å². The van der Waals surface area contributed by atoms with Crippen molar-refractivity contribution in [3.05, 3.63) is 33.9 Å². The van der Waals surface area contributed by atoms with E-state index in [4.69, 9.17) is 10.5 Å². The predicted molar refractivity (Wildman–Crippen MR) is 89.7 cm³/mol. The van der Waals surface area contributed by atoms with E-state index in [0.717, 1.165) is 24.9 Å². The monoisotopic (exact) mass is 336 g/mol. The highest BCUT2D eigenvalue weighted by Gasteiger charge is 2.26. The van der Waals surface area contributed by atoms with Gasteiger partial charge in [-0.05, 0) is 31.0 Å². The Labute approximate surface area is 141 Å². The van der Waals surface area contributed by atoms with Crippen LogP contribution in [0, 0.1) is 16.0 Å². The number of hydrogen-bond acceptors (Lipinski definition) is 6. The second kappa shape index (κ2) is 8.60. The van der Waals surface area contributed by atoms with Crippen LogP contribution in [0.4, 0.5) is 5.69 Å². The molecule has 0 aliphatic carbocycles. The van der Waals surface area contributed by atoms with Gasteiger partial charge in [-0.2, -0.15) is 0 Å². The van der Waals surface area contributed by atoms with Crippen molar-refractivity contribution < 1.29 is 14.5 Å². The molecule has 0 bridgehead atoms. The molecule has 1 saturated heterocycles. The molecule has 0 spiro atoms. The van der Waals surface area contributed by atoms with E-state index in [1.54, 1.807) is 6.07 Å². The lowest BCUT2D eigenvalue weighted by molar-refractivity contribution is -0.385. The van der Waals surface area contributed by atoms with Crippen molar-refractivity contribution in [1.82, 2.24) is 10.2 Å². The minimum absolute atomic E-state index is 0.0332. The van der Waals surface area contributed by atoms with Gasteiger partial charge >= 0.3 is 5.69 Å². The van der Waals surface area contributed by atoms with Crippen LogP contribution in [0.15, 0.2) is 18.2 Å². The molecule has 1 aromatic rings. The third kappa shape index (κ3) is 4.65. The van der Waals surface area contributed by atoms with Gasteiger partial charge in [0.2, 0.25) is 5.91 Å². The number of methoxy groups -OCH3 is 1. The number of amides is 1. The van der Waals surface area contributed by atoms with E-state index in [0.29, 0.717) is 26.2 Å². The van der Waals surface area contributed by atoms with Crippen LogP contribution in [0.1, 0.15) is 18.4 Å². The lowest BCUT2D eigenvalue weighted by Crippen LogP contribution is -2.43. The number of piperidine rings is 1. The lowest BCUT2D eigenvalue weighted by atomic mass is 9.96. The number of carbonyl (C=O) groups excluding carboxylic acids is 1. The van der Waals surface area contributed by atoms with E-state index >= 15 is 0 Å². The summed E-state index contributed by atoms with van der Waals surface area (Å²) < 4.78 is 5.02. The Hall–Kier alpha value is -2.19. The van der Waals surface area contributed by atoms with E-state index in [2.05, 4.69) is 10.2 Å². The molecule has 1 fully saturated rings. The Bertz CT molecular complexity index is 593. The van der Waals surface area contributed by atoms with Gasteiger partial charge in [0.1, 0.15) is 0 Å². The number of rotatable bonds is 7. The van der Waals surface area contributed by atoms with Gasteiger partial charge in [0, 0.05) is 32.2 Å². The van der Waals surface area contributed by atoms with Crippen molar-refractivity contribution in [3.63, 3.8) is 0 Å². The molecule has 8 nitrogen and oxygen atoms in total. The molecule has 132 valence electrons. The van der Waals surface area contributed by atoms with Crippen molar-refractivity contribution in [1.29, 1.82) is 0 Å². The minimum Gasteiger partial charge on any atom is -0.490 e. The zero-order chi connectivity index (χ0) is 17.5. The number of likely N-dealkylation sites (tertiary alicyclic amines) is 1. The van der Waals surface area contributed by atoms with Crippen molar-refractivity contribution in [2.24, 2.45) is 11.7 Å². The highest BCUT2D eigenvalue weighted by Crippen LogP contribution is 2.28. The van der Waals surface area contributed by atoms with Crippen LogP contribution >= 0.6 is 0 Å². The lowest BCUT2D eigenvalue weighted by Gasteiger charge is -2.32. The molecule has 8 heteroatoms. The standard InChI is InChI=1S/C16H24N4O4/c1-24-15-5-4-12(9-14(15)20(22)23)10-19-8-2-3-13(11-19)16(21)18-7-6-17/h4-5,9,13H,2-3,6-8,10-11,17H2,1H3,(H,18,21). The fraction of sp³-hybridized carbons (Fsp3) is 0.562. The Kier molecular flexibility index (Phi) is 6.51. The average molecular weight is 336 g/mol. The van der Waals surface area contributed by atoms with E-state index in [1.807, 2.05) is 6.07 Å². The largest absolute Gasteiger partial charge is 0.490 e. The zero-order valence-corrected chi connectivity index (χ0v) is 13.9.